The van der Waals surface area contributed by atoms with E-state index in [0.29, 0.717) is 5.56 Å². The van der Waals surface area contributed by atoms with Gasteiger partial charge in [0.05, 0.1) is 30.9 Å². The number of aromatic nitrogens is 1. The van der Waals surface area contributed by atoms with E-state index < -0.39 is 4.92 Å². The number of aliphatic hydroxyl groups is 1. The van der Waals surface area contributed by atoms with E-state index >= 15 is 0 Å². The Bertz CT molecular complexity index is 454. The van der Waals surface area contributed by atoms with Gasteiger partial charge in [0.2, 0.25) is 0 Å². The molecule has 0 unspecified atom stereocenters. The first kappa shape index (κ1) is 13.3. The number of aliphatic hydroxyl groups excluding tert-OH is 1. The number of nitrogens with zero attached hydrogens (tertiary/aromatic N) is 2. The molecule has 0 atom stereocenters. The summed E-state index contributed by atoms with van der Waals surface area (Å²) < 4.78 is 6.22. The molecule has 0 saturated carbocycles. The van der Waals surface area contributed by atoms with Gasteiger partial charge in [-0.05, 0) is 6.92 Å². The molecule has 1 N–H and O–H groups in total. The molecule has 0 bridgehead atoms. The van der Waals surface area contributed by atoms with E-state index in [4.69, 9.17) is 9.84 Å². The zero-order valence-corrected chi connectivity index (χ0v) is 9.46. The van der Waals surface area contributed by atoms with Crippen LogP contribution in [0, 0.1) is 17.0 Å². The fourth-order valence-corrected chi connectivity index (χ4v) is 1.35. The first-order valence-corrected chi connectivity index (χ1v) is 5.10. The fraction of sp³-hybridized carbons (Fsp3) is 0.500. The van der Waals surface area contributed by atoms with E-state index in [0.717, 1.165) is 0 Å². The summed E-state index contributed by atoms with van der Waals surface area (Å²) in [6.07, 6.45) is 1.21. The van der Waals surface area contributed by atoms with Gasteiger partial charge in [0.25, 0.3) is 11.2 Å². The Balaban J connectivity index is 2.81. The normalized spacial score (nSPS) is 10.5. The topological polar surface area (TPSA) is 94.6 Å². The predicted octanol–water partition coefficient (Wildman–Crippen LogP) is 0.0738. The van der Waals surface area contributed by atoms with Crippen LogP contribution in [0.4, 0.5) is 5.69 Å². The number of hydrogen-bond acceptors (Lipinski definition) is 5. The Hall–Kier alpha value is -1.73. The Morgan fingerprint density at radius 2 is 2.24 bits per heavy atom. The second-order valence-electron chi connectivity index (χ2n) is 3.47. The van der Waals surface area contributed by atoms with Gasteiger partial charge in [-0.2, -0.15) is 0 Å². The molecule has 0 amide bonds. The molecule has 1 aromatic rings. The molecule has 0 aromatic carbocycles. The lowest BCUT2D eigenvalue weighted by molar-refractivity contribution is -0.385. The molecule has 0 spiro atoms. The number of nitro groups is 1. The van der Waals surface area contributed by atoms with Crippen molar-refractivity contribution in [2.45, 2.75) is 13.5 Å². The predicted molar refractivity (Wildman–Crippen MR) is 60.0 cm³/mol. The van der Waals surface area contributed by atoms with Crippen LogP contribution in [0.3, 0.4) is 0 Å². The van der Waals surface area contributed by atoms with Crippen LogP contribution in [0.5, 0.6) is 0 Å². The minimum atomic E-state index is -0.528. The van der Waals surface area contributed by atoms with Gasteiger partial charge < -0.3 is 14.4 Å². The van der Waals surface area contributed by atoms with Crippen molar-refractivity contribution in [1.82, 2.24) is 4.57 Å². The Labute approximate surface area is 97.4 Å². The SMILES string of the molecule is Cc1cc(=O)n(CCOCCO)cc1[N+](=O)[O-]. The van der Waals surface area contributed by atoms with Crippen LogP contribution in [0.15, 0.2) is 17.1 Å². The number of aryl methyl sites for hydroxylation is 1. The lowest BCUT2D eigenvalue weighted by Gasteiger charge is -2.06. The van der Waals surface area contributed by atoms with Crippen LogP contribution in [0.2, 0.25) is 0 Å². The number of ether oxygens (including phenoxy) is 1. The van der Waals surface area contributed by atoms with E-state index in [1.54, 1.807) is 0 Å². The molecule has 0 radical (unpaired) electrons. The summed E-state index contributed by atoms with van der Waals surface area (Å²) in [6, 6.07) is 1.23. The van der Waals surface area contributed by atoms with Crippen LogP contribution < -0.4 is 5.56 Å². The molecule has 7 heteroatoms. The molecule has 0 fully saturated rings. The van der Waals surface area contributed by atoms with Crippen LogP contribution in [0.25, 0.3) is 0 Å². The third-order valence-corrected chi connectivity index (χ3v) is 2.21. The van der Waals surface area contributed by atoms with E-state index in [9.17, 15) is 14.9 Å². The molecule has 7 nitrogen and oxygen atoms in total. The van der Waals surface area contributed by atoms with Gasteiger partial charge in [-0.15, -0.1) is 0 Å². The number of pyridine rings is 1. The molecule has 0 aliphatic carbocycles. The highest BCUT2D eigenvalue weighted by molar-refractivity contribution is 5.35. The highest BCUT2D eigenvalue weighted by Gasteiger charge is 2.12. The zero-order chi connectivity index (χ0) is 12.8. The molecule has 1 aromatic heterocycles. The summed E-state index contributed by atoms with van der Waals surface area (Å²) in [5, 5.41) is 19.2. The highest BCUT2D eigenvalue weighted by Crippen LogP contribution is 2.13. The summed E-state index contributed by atoms with van der Waals surface area (Å²) in [5.74, 6) is 0. The third-order valence-electron chi connectivity index (χ3n) is 2.21. The van der Waals surface area contributed by atoms with Crippen molar-refractivity contribution in [3.05, 3.63) is 38.3 Å². The fourth-order valence-electron chi connectivity index (χ4n) is 1.35. The minimum absolute atomic E-state index is 0.0910. The maximum atomic E-state index is 11.5. The first-order chi connectivity index (χ1) is 8.06. The second kappa shape index (κ2) is 6.12. The van der Waals surface area contributed by atoms with Crippen molar-refractivity contribution in [2.75, 3.05) is 19.8 Å². The number of rotatable bonds is 6. The molecule has 0 aliphatic heterocycles. The highest BCUT2D eigenvalue weighted by atomic mass is 16.6. The molecular weight excluding hydrogens is 228 g/mol. The Morgan fingerprint density at radius 3 is 2.82 bits per heavy atom. The van der Waals surface area contributed by atoms with Crippen molar-refractivity contribution < 1.29 is 14.8 Å². The lowest BCUT2D eigenvalue weighted by atomic mass is 10.2. The summed E-state index contributed by atoms with van der Waals surface area (Å²) in [6.45, 7) is 2.05. The van der Waals surface area contributed by atoms with Crippen LogP contribution in [-0.2, 0) is 11.3 Å². The Morgan fingerprint density at radius 1 is 1.53 bits per heavy atom. The second-order valence-corrected chi connectivity index (χ2v) is 3.47. The van der Waals surface area contributed by atoms with Crippen LogP contribution >= 0.6 is 0 Å². The molecule has 0 aliphatic rings. The molecule has 1 heterocycles. The smallest absolute Gasteiger partial charge is 0.288 e. The van der Waals surface area contributed by atoms with Gasteiger partial charge in [0.15, 0.2) is 0 Å². The molecule has 94 valence electrons. The molecule has 17 heavy (non-hydrogen) atoms. The van der Waals surface area contributed by atoms with Gasteiger partial charge in [-0.1, -0.05) is 0 Å². The third kappa shape index (κ3) is 3.65. The summed E-state index contributed by atoms with van der Waals surface area (Å²) in [7, 11) is 0. The minimum Gasteiger partial charge on any atom is -0.394 e. The summed E-state index contributed by atoms with van der Waals surface area (Å²) in [4.78, 5) is 21.7. The van der Waals surface area contributed by atoms with E-state index in [1.165, 1.54) is 23.8 Å². The molecule has 0 saturated heterocycles. The standard InChI is InChI=1S/C10H14N2O5/c1-8-6-10(14)11(2-4-17-5-3-13)7-9(8)12(15)16/h6-7,13H,2-5H2,1H3. The average Bonchev–Trinajstić information content (AvgIpc) is 2.26. The van der Waals surface area contributed by atoms with E-state index in [-0.39, 0.29) is 37.6 Å². The maximum Gasteiger partial charge on any atom is 0.288 e. The van der Waals surface area contributed by atoms with Gasteiger partial charge in [-0.25, -0.2) is 0 Å². The monoisotopic (exact) mass is 242 g/mol. The summed E-state index contributed by atoms with van der Waals surface area (Å²) >= 11 is 0. The van der Waals surface area contributed by atoms with Crippen LogP contribution in [0.1, 0.15) is 5.56 Å². The Kier molecular flexibility index (Phi) is 4.80. The van der Waals surface area contributed by atoms with Gasteiger partial charge in [-0.3, -0.25) is 14.9 Å². The van der Waals surface area contributed by atoms with Crippen LogP contribution in [-0.4, -0.2) is 34.4 Å². The molecule has 1 rings (SSSR count). The van der Waals surface area contributed by atoms with Crippen molar-refractivity contribution >= 4 is 5.69 Å². The van der Waals surface area contributed by atoms with E-state index in [1.807, 2.05) is 0 Å². The quantitative estimate of drug-likeness (QED) is 0.433. The van der Waals surface area contributed by atoms with Crippen molar-refractivity contribution in [2.24, 2.45) is 0 Å². The van der Waals surface area contributed by atoms with Gasteiger partial charge in [0, 0.05) is 18.2 Å². The van der Waals surface area contributed by atoms with Gasteiger partial charge >= 0.3 is 0 Å². The number of hydrogen-bond donors (Lipinski definition) is 1. The largest absolute Gasteiger partial charge is 0.394 e. The van der Waals surface area contributed by atoms with Crippen molar-refractivity contribution in [3.63, 3.8) is 0 Å². The maximum absolute atomic E-state index is 11.5. The summed E-state index contributed by atoms with van der Waals surface area (Å²) in [5.41, 5.74) is -0.0556. The van der Waals surface area contributed by atoms with Crippen molar-refractivity contribution in [3.8, 4) is 0 Å². The van der Waals surface area contributed by atoms with Gasteiger partial charge in [0.1, 0.15) is 0 Å². The average molecular weight is 242 g/mol. The lowest BCUT2D eigenvalue weighted by Crippen LogP contribution is -2.22. The molecular formula is C10H14N2O5. The zero-order valence-electron chi connectivity index (χ0n) is 9.46. The van der Waals surface area contributed by atoms with E-state index in [2.05, 4.69) is 0 Å². The first-order valence-electron chi connectivity index (χ1n) is 5.10. The van der Waals surface area contributed by atoms with Crippen molar-refractivity contribution in [1.29, 1.82) is 0 Å².